The van der Waals surface area contributed by atoms with E-state index in [0.29, 0.717) is 0 Å². The van der Waals surface area contributed by atoms with Gasteiger partial charge in [-0.15, -0.1) is 0 Å². The summed E-state index contributed by atoms with van der Waals surface area (Å²) in [5.74, 6) is 0. The van der Waals surface area contributed by atoms with E-state index in [1.807, 2.05) is 42.9 Å². The zero-order valence-electron chi connectivity index (χ0n) is 12.6. The molecule has 1 aliphatic rings. The van der Waals surface area contributed by atoms with Crippen LogP contribution < -0.4 is 0 Å². The summed E-state index contributed by atoms with van der Waals surface area (Å²) in [5.41, 5.74) is 4.51. The molecule has 0 saturated carbocycles. The largest absolute Gasteiger partial charge is 0.337 e. The summed E-state index contributed by atoms with van der Waals surface area (Å²) in [7, 11) is 2.06. The number of hydrogen-bond acceptors (Lipinski definition) is 4. The number of aryl methyl sites for hydroxylation is 1. The predicted molar refractivity (Wildman–Crippen MR) is 82.4 cm³/mol. The maximum Gasteiger partial charge on any atom is 0.0971 e. The smallest absolute Gasteiger partial charge is 0.0971 e. The lowest BCUT2D eigenvalue weighted by Gasteiger charge is -2.25. The zero-order chi connectivity index (χ0) is 14.9. The number of aromatic nitrogens is 5. The molecule has 0 atom stereocenters. The monoisotopic (exact) mass is 294 g/mol. The molecule has 0 unspecified atom stereocenters. The highest BCUT2D eigenvalue weighted by molar-refractivity contribution is 5.28. The SMILES string of the molecule is Cn1cnc2c1CCN(Cc1cnn(-c3ccccc3)n1)C2. The van der Waals surface area contributed by atoms with Gasteiger partial charge in [-0.2, -0.15) is 15.0 Å². The van der Waals surface area contributed by atoms with Crippen LogP contribution in [0.1, 0.15) is 17.1 Å². The lowest BCUT2D eigenvalue weighted by atomic mass is 10.1. The molecule has 6 heteroatoms. The Morgan fingerprint density at radius 3 is 2.91 bits per heavy atom. The zero-order valence-corrected chi connectivity index (χ0v) is 12.6. The van der Waals surface area contributed by atoms with Gasteiger partial charge in [-0.05, 0) is 12.1 Å². The van der Waals surface area contributed by atoms with Crippen molar-refractivity contribution in [3.8, 4) is 5.69 Å². The van der Waals surface area contributed by atoms with Crippen LogP contribution in [0, 0.1) is 0 Å². The topological polar surface area (TPSA) is 51.8 Å². The maximum absolute atomic E-state index is 4.57. The summed E-state index contributed by atoms with van der Waals surface area (Å²) >= 11 is 0. The van der Waals surface area contributed by atoms with Gasteiger partial charge in [0.2, 0.25) is 0 Å². The first-order chi connectivity index (χ1) is 10.8. The van der Waals surface area contributed by atoms with Crippen LogP contribution in [0.15, 0.2) is 42.9 Å². The molecule has 3 aromatic rings. The van der Waals surface area contributed by atoms with Crippen molar-refractivity contribution in [2.75, 3.05) is 6.54 Å². The Hall–Kier alpha value is -2.47. The van der Waals surface area contributed by atoms with Crippen LogP contribution in [-0.2, 0) is 26.6 Å². The van der Waals surface area contributed by atoms with Crippen molar-refractivity contribution < 1.29 is 0 Å². The van der Waals surface area contributed by atoms with Crippen molar-refractivity contribution in [1.82, 2.24) is 29.4 Å². The molecule has 1 aromatic carbocycles. The highest BCUT2D eigenvalue weighted by Crippen LogP contribution is 2.18. The average Bonchev–Trinajstić information content (AvgIpc) is 3.16. The molecule has 0 fully saturated rings. The first kappa shape index (κ1) is 13.2. The van der Waals surface area contributed by atoms with E-state index in [2.05, 4.69) is 31.7 Å². The number of fused-ring (bicyclic) bond motifs is 1. The van der Waals surface area contributed by atoms with E-state index in [-0.39, 0.29) is 0 Å². The molecule has 3 heterocycles. The number of nitrogens with zero attached hydrogens (tertiary/aromatic N) is 6. The van der Waals surface area contributed by atoms with E-state index in [9.17, 15) is 0 Å². The second-order valence-electron chi connectivity index (χ2n) is 5.67. The van der Waals surface area contributed by atoms with Gasteiger partial charge in [0.15, 0.2) is 0 Å². The molecule has 1 aliphatic heterocycles. The van der Waals surface area contributed by atoms with Gasteiger partial charge in [0, 0.05) is 38.8 Å². The van der Waals surface area contributed by atoms with Gasteiger partial charge >= 0.3 is 0 Å². The van der Waals surface area contributed by atoms with Gasteiger partial charge in [-0.25, -0.2) is 4.98 Å². The molecule has 0 N–H and O–H groups in total. The standard InChI is InChI=1S/C16H18N6/c1-20-12-17-15-11-21(8-7-16(15)20)10-13-9-18-22(19-13)14-5-3-2-4-6-14/h2-6,9,12H,7-8,10-11H2,1H3. The van der Waals surface area contributed by atoms with Crippen molar-refractivity contribution in [2.45, 2.75) is 19.5 Å². The first-order valence-corrected chi connectivity index (χ1v) is 7.47. The minimum atomic E-state index is 0.808. The number of hydrogen-bond donors (Lipinski definition) is 0. The molecule has 0 radical (unpaired) electrons. The minimum Gasteiger partial charge on any atom is -0.337 e. The molecule has 0 spiro atoms. The second kappa shape index (κ2) is 5.38. The van der Waals surface area contributed by atoms with Crippen molar-refractivity contribution in [3.63, 3.8) is 0 Å². The van der Waals surface area contributed by atoms with Crippen molar-refractivity contribution in [3.05, 3.63) is 59.9 Å². The fourth-order valence-electron chi connectivity index (χ4n) is 2.93. The summed E-state index contributed by atoms with van der Waals surface area (Å²) in [6.45, 7) is 2.72. The molecule has 4 rings (SSSR count). The summed E-state index contributed by atoms with van der Waals surface area (Å²) in [6.07, 6.45) is 4.79. The molecule has 0 saturated heterocycles. The van der Waals surface area contributed by atoms with Gasteiger partial charge in [0.05, 0.1) is 29.6 Å². The van der Waals surface area contributed by atoms with E-state index in [4.69, 9.17) is 0 Å². The maximum atomic E-state index is 4.57. The van der Waals surface area contributed by atoms with Crippen LogP contribution in [0.5, 0.6) is 0 Å². The van der Waals surface area contributed by atoms with E-state index < -0.39 is 0 Å². The molecule has 112 valence electrons. The van der Waals surface area contributed by atoms with Gasteiger partial charge in [0.25, 0.3) is 0 Å². The number of para-hydroxylation sites is 1. The summed E-state index contributed by atoms with van der Waals surface area (Å²) in [5, 5.41) is 8.93. The van der Waals surface area contributed by atoms with E-state index in [1.54, 1.807) is 4.80 Å². The Bertz CT molecular complexity index is 773. The third-order valence-electron chi connectivity index (χ3n) is 4.10. The van der Waals surface area contributed by atoms with Crippen LogP contribution in [0.4, 0.5) is 0 Å². The Kier molecular flexibility index (Phi) is 3.23. The van der Waals surface area contributed by atoms with Crippen LogP contribution in [0.25, 0.3) is 5.69 Å². The van der Waals surface area contributed by atoms with E-state index in [1.165, 1.54) is 11.4 Å². The van der Waals surface area contributed by atoms with Crippen LogP contribution in [0.3, 0.4) is 0 Å². The number of benzene rings is 1. The molecule has 0 bridgehead atoms. The summed E-state index contributed by atoms with van der Waals surface area (Å²) < 4.78 is 2.12. The third-order valence-corrected chi connectivity index (χ3v) is 4.10. The number of rotatable bonds is 3. The van der Waals surface area contributed by atoms with Crippen molar-refractivity contribution in [2.24, 2.45) is 7.05 Å². The normalized spacial score (nSPS) is 15.0. The second-order valence-corrected chi connectivity index (χ2v) is 5.67. The van der Waals surface area contributed by atoms with Gasteiger partial charge in [-0.1, -0.05) is 18.2 Å². The fourth-order valence-corrected chi connectivity index (χ4v) is 2.93. The lowest BCUT2D eigenvalue weighted by Crippen LogP contribution is -2.30. The van der Waals surface area contributed by atoms with E-state index >= 15 is 0 Å². The Morgan fingerprint density at radius 2 is 2.05 bits per heavy atom. The van der Waals surface area contributed by atoms with Crippen molar-refractivity contribution in [1.29, 1.82) is 0 Å². The molecule has 22 heavy (non-hydrogen) atoms. The van der Waals surface area contributed by atoms with Gasteiger partial charge in [-0.3, -0.25) is 4.90 Å². The van der Waals surface area contributed by atoms with Crippen LogP contribution in [-0.4, -0.2) is 36.0 Å². The Morgan fingerprint density at radius 1 is 1.18 bits per heavy atom. The Labute approximate surface area is 129 Å². The van der Waals surface area contributed by atoms with Gasteiger partial charge in [0.1, 0.15) is 0 Å². The predicted octanol–water partition coefficient (Wildman–Crippen LogP) is 1.56. The highest BCUT2D eigenvalue weighted by Gasteiger charge is 2.20. The summed E-state index contributed by atoms with van der Waals surface area (Å²) in [4.78, 5) is 8.54. The molecule has 0 aliphatic carbocycles. The molecular weight excluding hydrogens is 276 g/mol. The molecule has 6 nitrogen and oxygen atoms in total. The average molecular weight is 294 g/mol. The number of imidazole rings is 1. The third kappa shape index (κ3) is 2.42. The fraction of sp³-hybridized carbons (Fsp3) is 0.312. The van der Waals surface area contributed by atoms with E-state index in [0.717, 1.165) is 37.4 Å². The minimum absolute atomic E-state index is 0.808. The summed E-state index contributed by atoms with van der Waals surface area (Å²) in [6, 6.07) is 9.99. The molecule has 0 amide bonds. The van der Waals surface area contributed by atoms with Crippen LogP contribution in [0.2, 0.25) is 0 Å². The Balaban J connectivity index is 1.48. The molecule has 2 aromatic heterocycles. The lowest BCUT2D eigenvalue weighted by molar-refractivity contribution is 0.237. The van der Waals surface area contributed by atoms with Crippen molar-refractivity contribution >= 4 is 0 Å². The quantitative estimate of drug-likeness (QED) is 0.735. The molecular formula is C16H18N6. The first-order valence-electron chi connectivity index (χ1n) is 7.47. The van der Waals surface area contributed by atoms with Crippen LogP contribution >= 0.6 is 0 Å². The highest BCUT2D eigenvalue weighted by atomic mass is 15.5. The van der Waals surface area contributed by atoms with Gasteiger partial charge < -0.3 is 4.57 Å².